The Labute approximate surface area is 168 Å². The maximum Gasteiger partial charge on any atom is 0.236 e. The molecule has 0 radical (unpaired) electrons. The molecule has 8 heteroatoms. The summed E-state index contributed by atoms with van der Waals surface area (Å²) in [6.45, 7) is 1.43. The Bertz CT molecular complexity index is 1120. The molecule has 1 amide bonds. The summed E-state index contributed by atoms with van der Waals surface area (Å²) in [6.07, 6.45) is 5.71. The molecule has 2 aliphatic heterocycles. The number of aromatic amines is 1. The fraction of sp³-hybridized carbons (Fsp3) is 0.429. The van der Waals surface area contributed by atoms with Crippen LogP contribution in [0.1, 0.15) is 41.4 Å². The third-order valence-electron chi connectivity index (χ3n) is 6.95. The lowest BCUT2D eigenvalue weighted by Gasteiger charge is -2.24. The molecule has 0 saturated carbocycles. The Hall–Kier alpha value is -3.16. The number of para-hydroxylation sites is 1. The minimum atomic E-state index is -0.488. The van der Waals surface area contributed by atoms with Crippen LogP contribution in [0.3, 0.4) is 0 Å². The van der Waals surface area contributed by atoms with Crippen molar-refractivity contribution in [3.05, 3.63) is 53.1 Å². The summed E-state index contributed by atoms with van der Waals surface area (Å²) in [5, 5.41) is 19.5. The van der Waals surface area contributed by atoms with Crippen LogP contribution in [-0.4, -0.2) is 44.0 Å². The second kappa shape index (κ2) is 5.92. The molecule has 1 aliphatic carbocycles. The van der Waals surface area contributed by atoms with E-state index in [2.05, 4.69) is 41.2 Å². The number of aryl methyl sites for hydroxylation is 1. The second-order valence-corrected chi connectivity index (χ2v) is 8.48. The maximum absolute atomic E-state index is 12.9. The van der Waals surface area contributed by atoms with Crippen molar-refractivity contribution >= 4 is 17.5 Å². The lowest BCUT2D eigenvalue weighted by molar-refractivity contribution is -0.120. The molecule has 2 atom stereocenters. The Kier molecular flexibility index (Phi) is 3.42. The van der Waals surface area contributed by atoms with Gasteiger partial charge in [0.25, 0.3) is 0 Å². The largest absolute Gasteiger partial charge is 0.339 e. The zero-order valence-electron chi connectivity index (χ0n) is 16.4. The normalized spacial score (nSPS) is 25.3. The van der Waals surface area contributed by atoms with Crippen molar-refractivity contribution in [1.29, 1.82) is 0 Å². The molecule has 4 heterocycles. The van der Waals surface area contributed by atoms with Crippen LogP contribution in [0, 0.1) is 0 Å². The van der Waals surface area contributed by atoms with E-state index in [1.54, 1.807) is 0 Å². The van der Waals surface area contributed by atoms with Crippen molar-refractivity contribution in [3.8, 4) is 0 Å². The molecule has 1 spiro atoms. The molecule has 3 aliphatic rings. The Morgan fingerprint density at radius 3 is 3.07 bits per heavy atom. The average Bonchev–Trinajstić information content (AvgIpc) is 3.49. The number of carbonyl (C=O) groups is 1. The van der Waals surface area contributed by atoms with Gasteiger partial charge in [0.2, 0.25) is 11.9 Å². The van der Waals surface area contributed by atoms with Crippen LogP contribution in [0.2, 0.25) is 0 Å². The minimum absolute atomic E-state index is 0.0997. The van der Waals surface area contributed by atoms with Gasteiger partial charge in [-0.3, -0.25) is 9.89 Å². The number of aromatic nitrogens is 5. The van der Waals surface area contributed by atoms with Gasteiger partial charge in [-0.25, -0.2) is 0 Å². The van der Waals surface area contributed by atoms with E-state index in [9.17, 15) is 4.79 Å². The third kappa shape index (κ3) is 2.31. The maximum atomic E-state index is 12.9. The van der Waals surface area contributed by atoms with Gasteiger partial charge in [0.05, 0.1) is 11.6 Å². The summed E-state index contributed by atoms with van der Waals surface area (Å²) >= 11 is 0. The Morgan fingerprint density at radius 1 is 1.24 bits per heavy atom. The summed E-state index contributed by atoms with van der Waals surface area (Å²) in [7, 11) is 2.04. The zero-order valence-corrected chi connectivity index (χ0v) is 16.4. The zero-order chi connectivity index (χ0) is 19.6. The van der Waals surface area contributed by atoms with Gasteiger partial charge in [-0.2, -0.15) is 5.10 Å². The third-order valence-corrected chi connectivity index (χ3v) is 6.95. The number of fused-ring (bicyclic) bond motifs is 3. The highest BCUT2D eigenvalue weighted by molar-refractivity contribution is 6.07. The summed E-state index contributed by atoms with van der Waals surface area (Å²) < 4.78 is 2.11. The Morgan fingerprint density at radius 2 is 2.14 bits per heavy atom. The number of anilines is 2. The van der Waals surface area contributed by atoms with Gasteiger partial charge < -0.3 is 14.8 Å². The number of rotatable bonds is 2. The molecule has 1 fully saturated rings. The summed E-state index contributed by atoms with van der Waals surface area (Å²) in [5.74, 6) is 2.30. The lowest BCUT2D eigenvalue weighted by atomic mass is 9.81. The van der Waals surface area contributed by atoms with Gasteiger partial charge in [0.1, 0.15) is 5.82 Å². The lowest BCUT2D eigenvalue weighted by Crippen LogP contribution is -2.38. The number of hydrogen-bond acceptors (Lipinski definition) is 5. The molecule has 0 bridgehead atoms. The first-order valence-electron chi connectivity index (χ1n) is 10.2. The molecule has 2 N–H and O–H groups in total. The molecule has 1 saturated heterocycles. The molecule has 3 aromatic rings. The highest BCUT2D eigenvalue weighted by Crippen LogP contribution is 2.45. The van der Waals surface area contributed by atoms with Crippen molar-refractivity contribution in [1.82, 2.24) is 25.0 Å². The topological polar surface area (TPSA) is 91.7 Å². The molecule has 2 aromatic heterocycles. The quantitative estimate of drug-likeness (QED) is 0.699. The first-order valence-corrected chi connectivity index (χ1v) is 10.2. The van der Waals surface area contributed by atoms with Crippen molar-refractivity contribution in [2.75, 3.05) is 23.3 Å². The van der Waals surface area contributed by atoms with E-state index in [1.807, 2.05) is 31.4 Å². The first kappa shape index (κ1) is 16.8. The predicted molar refractivity (Wildman–Crippen MR) is 108 cm³/mol. The fourth-order valence-corrected chi connectivity index (χ4v) is 5.35. The van der Waals surface area contributed by atoms with Gasteiger partial charge in [-0.05, 0) is 42.9 Å². The average molecular weight is 389 g/mol. The summed E-state index contributed by atoms with van der Waals surface area (Å²) in [5.41, 5.74) is 4.09. The molecule has 1 aromatic carbocycles. The van der Waals surface area contributed by atoms with E-state index >= 15 is 0 Å². The first-order chi connectivity index (χ1) is 14.2. The smallest absolute Gasteiger partial charge is 0.236 e. The number of nitrogens with one attached hydrogen (secondary N) is 2. The van der Waals surface area contributed by atoms with Crippen LogP contribution in [0.15, 0.2) is 30.5 Å². The predicted octanol–water partition coefficient (Wildman–Crippen LogP) is 1.91. The summed E-state index contributed by atoms with van der Waals surface area (Å²) in [4.78, 5) is 15.1. The number of carbonyl (C=O) groups excluding carboxylic acids is 1. The van der Waals surface area contributed by atoms with Crippen LogP contribution in [0.4, 0.5) is 11.6 Å². The van der Waals surface area contributed by atoms with Gasteiger partial charge in [0.15, 0.2) is 0 Å². The molecule has 29 heavy (non-hydrogen) atoms. The van der Waals surface area contributed by atoms with Gasteiger partial charge in [-0.1, -0.05) is 18.2 Å². The van der Waals surface area contributed by atoms with Gasteiger partial charge in [0, 0.05) is 37.4 Å². The number of benzene rings is 1. The van der Waals surface area contributed by atoms with E-state index < -0.39 is 5.41 Å². The number of nitrogens with zero attached hydrogens (tertiary/aromatic N) is 5. The number of H-pyrrole nitrogens is 1. The molecule has 2 unspecified atom stereocenters. The van der Waals surface area contributed by atoms with Crippen LogP contribution in [0.25, 0.3) is 0 Å². The van der Waals surface area contributed by atoms with Crippen molar-refractivity contribution < 1.29 is 4.79 Å². The van der Waals surface area contributed by atoms with E-state index in [-0.39, 0.29) is 5.91 Å². The van der Waals surface area contributed by atoms with Crippen LogP contribution < -0.4 is 10.2 Å². The minimum Gasteiger partial charge on any atom is -0.339 e. The van der Waals surface area contributed by atoms with E-state index in [4.69, 9.17) is 0 Å². The van der Waals surface area contributed by atoms with E-state index in [1.165, 1.54) is 11.3 Å². The standard InChI is InChI=1S/C21H23N7O/c1-27-18(13-6-7-14-11-22-24-17(14)10-13)25-26-20(27)28-9-8-21(12-28)15-4-2-3-5-16(15)23-19(21)29/h2-5,11,13H,6-10,12H2,1H3,(H,22,24)(H,23,29). The van der Waals surface area contributed by atoms with E-state index in [0.29, 0.717) is 12.5 Å². The molecule has 8 nitrogen and oxygen atoms in total. The van der Waals surface area contributed by atoms with Crippen molar-refractivity contribution in [2.24, 2.45) is 7.05 Å². The summed E-state index contributed by atoms with van der Waals surface area (Å²) in [6, 6.07) is 8.03. The Balaban J connectivity index is 1.28. The van der Waals surface area contributed by atoms with Crippen LogP contribution in [-0.2, 0) is 30.1 Å². The highest BCUT2D eigenvalue weighted by atomic mass is 16.2. The van der Waals surface area contributed by atoms with Crippen LogP contribution in [0.5, 0.6) is 0 Å². The SMILES string of the molecule is Cn1c(C2CCc3cn[nH]c3C2)nnc1N1CCC2(C1)C(=O)Nc1ccccc12. The molecule has 6 rings (SSSR count). The second-order valence-electron chi connectivity index (χ2n) is 8.48. The molecular weight excluding hydrogens is 366 g/mol. The van der Waals surface area contributed by atoms with E-state index in [0.717, 1.165) is 55.3 Å². The monoisotopic (exact) mass is 389 g/mol. The van der Waals surface area contributed by atoms with Crippen LogP contribution >= 0.6 is 0 Å². The molecule has 148 valence electrons. The van der Waals surface area contributed by atoms with Gasteiger partial charge in [-0.15, -0.1) is 10.2 Å². The number of hydrogen-bond donors (Lipinski definition) is 2. The van der Waals surface area contributed by atoms with Crippen molar-refractivity contribution in [3.63, 3.8) is 0 Å². The van der Waals surface area contributed by atoms with Crippen molar-refractivity contribution in [2.45, 2.75) is 37.0 Å². The fourth-order valence-electron chi connectivity index (χ4n) is 5.35. The van der Waals surface area contributed by atoms with Gasteiger partial charge >= 0.3 is 0 Å². The molecular formula is C21H23N7O. The highest BCUT2D eigenvalue weighted by Gasteiger charge is 2.51. The number of amides is 1.